The third-order valence-electron chi connectivity index (χ3n) is 1.72. The summed E-state index contributed by atoms with van der Waals surface area (Å²) in [6.07, 6.45) is 0.933. The van der Waals surface area contributed by atoms with E-state index in [2.05, 4.69) is 0 Å². The summed E-state index contributed by atoms with van der Waals surface area (Å²) >= 11 is 0. The smallest absolute Gasteiger partial charge is 0.322 e. The fourth-order valence-corrected chi connectivity index (χ4v) is 1.14. The van der Waals surface area contributed by atoms with Gasteiger partial charge in [-0.15, -0.1) is 0 Å². The summed E-state index contributed by atoms with van der Waals surface area (Å²) in [7, 11) is 0. The molecule has 1 aromatic heterocycles. The van der Waals surface area contributed by atoms with Crippen molar-refractivity contribution in [2.45, 2.75) is 0 Å². The average Bonchev–Trinajstić information content (AvgIpc) is 2.15. The van der Waals surface area contributed by atoms with Crippen LogP contribution in [0, 0.1) is 5.21 Å². The number of hydrogen-bond acceptors (Lipinski definition) is 5. The van der Waals surface area contributed by atoms with Gasteiger partial charge in [-0.25, -0.2) is 4.73 Å². The molecule has 0 atom stereocenters. The van der Waals surface area contributed by atoms with Gasteiger partial charge in [-0.05, 0) is 0 Å². The quantitative estimate of drug-likeness (QED) is 0.414. The van der Waals surface area contributed by atoms with E-state index in [1.807, 2.05) is 0 Å². The second-order valence-corrected chi connectivity index (χ2v) is 2.58. The molecule has 13 heavy (non-hydrogen) atoms. The summed E-state index contributed by atoms with van der Waals surface area (Å²) in [5.74, 6) is -0.122. The molecule has 0 aromatic carbocycles. The molecule has 70 valence electrons. The molecule has 3 N–H and O–H groups in total. The second kappa shape index (κ2) is 2.58. The molecule has 1 aliphatic rings. The van der Waals surface area contributed by atoms with E-state index >= 15 is 0 Å². The minimum Gasteiger partial charge on any atom is -0.710 e. The summed E-state index contributed by atoms with van der Waals surface area (Å²) in [5.41, 5.74) is 5.41. The predicted molar refractivity (Wildman–Crippen MR) is 42.5 cm³/mol. The van der Waals surface area contributed by atoms with Gasteiger partial charge in [0.1, 0.15) is 19.4 Å². The van der Waals surface area contributed by atoms with Gasteiger partial charge in [-0.3, -0.25) is 5.73 Å². The molecular weight excluding hydrogens is 176 g/mol. The van der Waals surface area contributed by atoms with Crippen LogP contribution in [-0.2, 0) is 0 Å². The van der Waals surface area contributed by atoms with Crippen molar-refractivity contribution >= 4 is 5.82 Å². The number of aromatic hydroxyl groups is 1. The maximum atomic E-state index is 11.0. The van der Waals surface area contributed by atoms with Gasteiger partial charge in [-0.1, -0.05) is 0 Å². The Morgan fingerprint density at radius 1 is 1.38 bits per heavy atom. The molecule has 0 bridgehead atoms. The Labute approximate surface area is 73.7 Å². The molecule has 0 aliphatic carbocycles. The summed E-state index contributed by atoms with van der Waals surface area (Å²) in [6, 6.07) is 0. The third kappa shape index (κ3) is 1.07. The van der Waals surface area contributed by atoms with Gasteiger partial charge in [0.25, 0.3) is 5.75 Å². The molecule has 0 saturated carbocycles. The van der Waals surface area contributed by atoms with E-state index in [0.717, 1.165) is 6.20 Å². The fourth-order valence-electron chi connectivity index (χ4n) is 1.14. The maximum absolute atomic E-state index is 11.0. The van der Waals surface area contributed by atoms with Gasteiger partial charge in [-0.2, -0.15) is 0 Å². The highest BCUT2D eigenvalue weighted by molar-refractivity contribution is 5.58. The molecule has 2 rings (SSSR count). The van der Waals surface area contributed by atoms with Crippen molar-refractivity contribution in [3.8, 4) is 17.2 Å². The lowest BCUT2D eigenvalue weighted by molar-refractivity contribution is -0.590. The molecule has 0 saturated heterocycles. The summed E-state index contributed by atoms with van der Waals surface area (Å²) in [6.45, 7) is 0.656. The van der Waals surface area contributed by atoms with Crippen molar-refractivity contribution in [2.75, 3.05) is 18.9 Å². The van der Waals surface area contributed by atoms with Crippen LogP contribution in [0.15, 0.2) is 6.20 Å². The lowest BCUT2D eigenvalue weighted by Gasteiger charge is -2.20. The summed E-state index contributed by atoms with van der Waals surface area (Å²) in [5, 5.41) is 20.3. The van der Waals surface area contributed by atoms with Crippen LogP contribution in [0.1, 0.15) is 0 Å². The topological polar surface area (TPSA) is 91.7 Å². The van der Waals surface area contributed by atoms with Gasteiger partial charge in [0.2, 0.25) is 11.5 Å². The lowest BCUT2D eigenvalue weighted by atomic mass is 10.3. The van der Waals surface area contributed by atoms with Gasteiger partial charge >= 0.3 is 5.82 Å². The SMILES string of the molecule is Nc1c2c(c(O)c[n+]1[O-])OCCO2. The Kier molecular flexibility index (Phi) is 1.54. The van der Waals surface area contributed by atoms with Crippen LogP contribution >= 0.6 is 0 Å². The molecule has 0 radical (unpaired) electrons. The number of pyridine rings is 1. The predicted octanol–water partition coefficient (Wildman–Crippen LogP) is -0.621. The summed E-state index contributed by atoms with van der Waals surface area (Å²) < 4.78 is 10.5. The zero-order valence-electron chi connectivity index (χ0n) is 6.69. The number of nitrogens with two attached hydrogens (primary N) is 1. The van der Waals surface area contributed by atoms with Gasteiger partial charge < -0.3 is 19.8 Å². The number of fused-ring (bicyclic) bond motifs is 1. The normalized spacial score (nSPS) is 14.2. The molecule has 1 aliphatic heterocycles. The van der Waals surface area contributed by atoms with Crippen LogP contribution in [0.2, 0.25) is 0 Å². The lowest BCUT2D eigenvalue weighted by Crippen LogP contribution is -2.32. The number of rotatable bonds is 0. The monoisotopic (exact) mass is 184 g/mol. The molecule has 2 heterocycles. The Bertz CT molecular complexity index is 353. The van der Waals surface area contributed by atoms with Crippen LogP contribution in [0.5, 0.6) is 17.2 Å². The van der Waals surface area contributed by atoms with E-state index in [1.165, 1.54) is 0 Å². The van der Waals surface area contributed by atoms with E-state index in [-0.39, 0.29) is 23.1 Å². The standard InChI is InChI=1S/C7H8N2O4/c8-7-6-5(12-1-2-13-6)4(10)3-9(7)11/h3,10H,1-2,8H2. The highest BCUT2D eigenvalue weighted by Crippen LogP contribution is 2.40. The minimum atomic E-state index is -0.265. The summed E-state index contributed by atoms with van der Waals surface area (Å²) in [4.78, 5) is 0. The van der Waals surface area contributed by atoms with Crippen LogP contribution in [0.4, 0.5) is 5.82 Å². The first-order valence-electron chi connectivity index (χ1n) is 3.70. The van der Waals surface area contributed by atoms with E-state index in [4.69, 9.17) is 15.2 Å². The van der Waals surface area contributed by atoms with Crippen LogP contribution in [0.25, 0.3) is 0 Å². The number of nitrogen functional groups attached to an aromatic ring is 1. The zero-order chi connectivity index (χ0) is 9.42. The van der Waals surface area contributed by atoms with E-state index < -0.39 is 0 Å². The second-order valence-electron chi connectivity index (χ2n) is 2.58. The van der Waals surface area contributed by atoms with E-state index in [0.29, 0.717) is 17.9 Å². The van der Waals surface area contributed by atoms with Crippen LogP contribution in [0.3, 0.4) is 0 Å². The molecule has 0 unspecified atom stereocenters. The Morgan fingerprint density at radius 2 is 2.00 bits per heavy atom. The number of anilines is 1. The number of aromatic nitrogens is 1. The van der Waals surface area contributed by atoms with Crippen LogP contribution in [-0.4, -0.2) is 18.3 Å². The average molecular weight is 184 g/mol. The van der Waals surface area contributed by atoms with Gasteiger partial charge in [0.15, 0.2) is 0 Å². The molecular formula is C7H8N2O4. The first-order chi connectivity index (χ1) is 6.20. The van der Waals surface area contributed by atoms with Crippen molar-refractivity contribution in [1.29, 1.82) is 0 Å². The van der Waals surface area contributed by atoms with Crippen molar-refractivity contribution in [2.24, 2.45) is 0 Å². The van der Waals surface area contributed by atoms with Crippen molar-refractivity contribution < 1.29 is 19.3 Å². The largest absolute Gasteiger partial charge is 0.710 e. The van der Waals surface area contributed by atoms with Crippen LogP contribution < -0.4 is 19.9 Å². The maximum Gasteiger partial charge on any atom is 0.322 e. The molecule has 0 fully saturated rings. The first kappa shape index (κ1) is 7.78. The minimum absolute atomic E-state index is 0.104. The van der Waals surface area contributed by atoms with Crippen molar-refractivity contribution in [1.82, 2.24) is 0 Å². The van der Waals surface area contributed by atoms with E-state index in [9.17, 15) is 10.3 Å². The highest BCUT2D eigenvalue weighted by Gasteiger charge is 2.24. The molecule has 6 heteroatoms. The number of hydrogen-bond donors (Lipinski definition) is 2. The molecule has 1 aromatic rings. The Morgan fingerprint density at radius 3 is 2.69 bits per heavy atom. The van der Waals surface area contributed by atoms with E-state index in [1.54, 1.807) is 0 Å². The Balaban J connectivity index is 2.63. The molecule has 6 nitrogen and oxygen atoms in total. The zero-order valence-corrected chi connectivity index (χ0v) is 6.69. The molecule has 0 spiro atoms. The number of nitrogens with zero attached hydrogens (tertiary/aromatic N) is 1. The van der Waals surface area contributed by atoms with Crippen molar-refractivity contribution in [3.05, 3.63) is 11.4 Å². The highest BCUT2D eigenvalue weighted by atomic mass is 16.6. The Hall–Kier alpha value is -1.85. The van der Waals surface area contributed by atoms with Gasteiger partial charge in [0.05, 0.1) is 0 Å². The molecule has 0 amide bonds. The number of ether oxygens (including phenoxy) is 2. The fraction of sp³-hybridized carbons (Fsp3) is 0.286. The first-order valence-corrected chi connectivity index (χ1v) is 3.70. The van der Waals surface area contributed by atoms with Crippen molar-refractivity contribution in [3.63, 3.8) is 0 Å². The van der Waals surface area contributed by atoms with Gasteiger partial charge in [0, 0.05) is 0 Å². The third-order valence-corrected chi connectivity index (χ3v) is 1.72.